The number of hydrogen-bond acceptors (Lipinski definition) is 4. The molecule has 3 aliphatic rings. The SMILES string of the molecule is O=C(c1ccc(C2=C(Cc3ccccc3)OCO2)cc1F)N1CCC[C@H]1CN1CCCC1. The summed E-state index contributed by atoms with van der Waals surface area (Å²) >= 11 is 0. The highest BCUT2D eigenvalue weighted by molar-refractivity contribution is 5.95. The van der Waals surface area contributed by atoms with Crippen LogP contribution in [0.4, 0.5) is 4.39 Å². The molecule has 0 bridgehead atoms. The number of rotatable bonds is 6. The fourth-order valence-corrected chi connectivity index (χ4v) is 5.00. The Kier molecular flexibility index (Phi) is 6.12. The van der Waals surface area contributed by atoms with Crippen molar-refractivity contribution in [3.05, 3.63) is 76.8 Å². The zero-order valence-electron chi connectivity index (χ0n) is 18.3. The van der Waals surface area contributed by atoms with Crippen molar-refractivity contribution in [2.24, 2.45) is 0 Å². The van der Waals surface area contributed by atoms with Crippen molar-refractivity contribution in [2.45, 2.75) is 38.1 Å². The Hall–Kier alpha value is -2.86. The Morgan fingerprint density at radius 1 is 1.00 bits per heavy atom. The van der Waals surface area contributed by atoms with Crippen LogP contribution in [-0.4, -0.2) is 54.7 Å². The molecule has 0 aromatic heterocycles. The number of carbonyl (C=O) groups excluding carboxylic acids is 1. The highest BCUT2D eigenvalue weighted by atomic mass is 19.1. The molecule has 0 unspecified atom stereocenters. The molecule has 1 amide bonds. The second kappa shape index (κ2) is 9.33. The molecule has 3 aliphatic heterocycles. The predicted molar refractivity (Wildman–Crippen MR) is 120 cm³/mol. The van der Waals surface area contributed by atoms with Crippen molar-refractivity contribution in [3.63, 3.8) is 0 Å². The Labute approximate surface area is 188 Å². The molecule has 32 heavy (non-hydrogen) atoms. The van der Waals surface area contributed by atoms with Crippen LogP contribution in [0.2, 0.25) is 0 Å². The predicted octanol–water partition coefficient (Wildman–Crippen LogP) is 4.44. The third kappa shape index (κ3) is 4.37. The zero-order valence-corrected chi connectivity index (χ0v) is 18.3. The summed E-state index contributed by atoms with van der Waals surface area (Å²) < 4.78 is 26.4. The van der Waals surface area contributed by atoms with Gasteiger partial charge in [-0.2, -0.15) is 0 Å². The Balaban J connectivity index is 1.33. The minimum Gasteiger partial charge on any atom is -0.458 e. The van der Waals surface area contributed by atoms with E-state index in [1.165, 1.54) is 18.9 Å². The van der Waals surface area contributed by atoms with E-state index in [-0.39, 0.29) is 24.3 Å². The van der Waals surface area contributed by atoms with Gasteiger partial charge >= 0.3 is 0 Å². The number of nitrogens with zero attached hydrogens (tertiary/aromatic N) is 2. The molecule has 6 heteroatoms. The minimum atomic E-state index is -0.513. The van der Waals surface area contributed by atoms with Gasteiger partial charge < -0.3 is 19.3 Å². The lowest BCUT2D eigenvalue weighted by atomic mass is 10.0. The molecule has 1 atom stereocenters. The highest BCUT2D eigenvalue weighted by Gasteiger charge is 2.33. The zero-order chi connectivity index (χ0) is 21.9. The smallest absolute Gasteiger partial charge is 0.257 e. The molecule has 0 spiro atoms. The van der Waals surface area contributed by atoms with Gasteiger partial charge in [-0.15, -0.1) is 0 Å². The largest absolute Gasteiger partial charge is 0.458 e. The van der Waals surface area contributed by atoms with Crippen LogP contribution >= 0.6 is 0 Å². The van der Waals surface area contributed by atoms with E-state index in [1.54, 1.807) is 12.1 Å². The van der Waals surface area contributed by atoms with E-state index in [1.807, 2.05) is 35.2 Å². The first-order chi connectivity index (χ1) is 15.7. The van der Waals surface area contributed by atoms with Gasteiger partial charge in [0.15, 0.2) is 5.76 Å². The lowest BCUT2D eigenvalue weighted by Crippen LogP contribution is -2.42. The second-order valence-electron chi connectivity index (χ2n) is 8.82. The molecule has 2 aromatic rings. The molecule has 0 N–H and O–H groups in total. The van der Waals surface area contributed by atoms with Crippen LogP contribution in [0.15, 0.2) is 54.3 Å². The average molecular weight is 437 g/mol. The Morgan fingerprint density at radius 3 is 2.59 bits per heavy atom. The number of benzene rings is 2. The maximum Gasteiger partial charge on any atom is 0.257 e. The van der Waals surface area contributed by atoms with E-state index in [4.69, 9.17) is 9.47 Å². The number of amides is 1. The number of allylic oxidation sites excluding steroid dienone is 1. The van der Waals surface area contributed by atoms with Crippen LogP contribution in [0.1, 0.15) is 47.2 Å². The fraction of sp³-hybridized carbons (Fsp3) is 0.423. The highest BCUT2D eigenvalue weighted by Crippen LogP contribution is 2.31. The average Bonchev–Trinajstić information content (AvgIpc) is 3.57. The molecule has 5 nitrogen and oxygen atoms in total. The lowest BCUT2D eigenvalue weighted by molar-refractivity contribution is 0.0703. The summed E-state index contributed by atoms with van der Waals surface area (Å²) in [5.74, 6) is 0.499. The van der Waals surface area contributed by atoms with Crippen LogP contribution < -0.4 is 0 Å². The summed E-state index contributed by atoms with van der Waals surface area (Å²) in [5, 5.41) is 0. The van der Waals surface area contributed by atoms with Crippen LogP contribution in [0.3, 0.4) is 0 Å². The number of halogens is 1. The molecule has 0 aliphatic carbocycles. The van der Waals surface area contributed by atoms with E-state index in [0.717, 1.165) is 38.0 Å². The van der Waals surface area contributed by atoms with Gasteiger partial charge in [0.05, 0.1) is 5.56 Å². The fourth-order valence-electron chi connectivity index (χ4n) is 5.00. The minimum absolute atomic E-state index is 0.117. The summed E-state index contributed by atoms with van der Waals surface area (Å²) in [7, 11) is 0. The molecule has 168 valence electrons. The first-order valence-electron chi connectivity index (χ1n) is 11.5. The molecule has 3 heterocycles. The van der Waals surface area contributed by atoms with Crippen molar-refractivity contribution in [2.75, 3.05) is 33.0 Å². The molecule has 2 aromatic carbocycles. The summed E-state index contributed by atoms with van der Waals surface area (Å²) in [6, 6.07) is 14.9. The van der Waals surface area contributed by atoms with Gasteiger partial charge in [-0.05, 0) is 56.5 Å². The van der Waals surface area contributed by atoms with Gasteiger partial charge in [0.2, 0.25) is 6.79 Å². The van der Waals surface area contributed by atoms with Crippen molar-refractivity contribution >= 4 is 11.7 Å². The number of ether oxygens (including phenoxy) is 2. The van der Waals surface area contributed by atoms with Gasteiger partial charge in [0.25, 0.3) is 5.91 Å². The standard InChI is InChI=1S/C26H29FN2O3/c27-23-16-20(25-24(31-18-32-25)15-19-7-2-1-3-8-19)10-11-22(23)26(30)29-14-6-9-21(29)17-28-12-4-5-13-28/h1-3,7-8,10-11,16,21H,4-6,9,12-15,17-18H2/t21-/m0/s1. The molecule has 5 rings (SSSR count). The van der Waals surface area contributed by atoms with Crippen molar-refractivity contribution in [3.8, 4) is 0 Å². The number of likely N-dealkylation sites (tertiary alicyclic amines) is 2. The maximum absolute atomic E-state index is 15.1. The van der Waals surface area contributed by atoms with Crippen LogP contribution in [0, 0.1) is 5.82 Å². The molecule has 2 fully saturated rings. The maximum atomic E-state index is 15.1. The topological polar surface area (TPSA) is 42.0 Å². The van der Waals surface area contributed by atoms with E-state index >= 15 is 4.39 Å². The monoisotopic (exact) mass is 436 g/mol. The van der Waals surface area contributed by atoms with Gasteiger partial charge in [-0.3, -0.25) is 4.79 Å². The van der Waals surface area contributed by atoms with Crippen molar-refractivity contribution < 1.29 is 18.7 Å². The van der Waals surface area contributed by atoms with Crippen molar-refractivity contribution in [1.29, 1.82) is 0 Å². The molecule has 0 saturated carbocycles. The second-order valence-corrected chi connectivity index (χ2v) is 8.82. The van der Waals surface area contributed by atoms with Crippen LogP contribution in [0.25, 0.3) is 5.76 Å². The molecular formula is C26H29FN2O3. The van der Waals surface area contributed by atoms with E-state index in [0.29, 0.717) is 30.0 Å². The summed E-state index contributed by atoms with van der Waals surface area (Å²) in [5.41, 5.74) is 1.82. The number of carbonyl (C=O) groups is 1. The first-order valence-corrected chi connectivity index (χ1v) is 11.5. The van der Waals surface area contributed by atoms with Gasteiger partial charge in [0.1, 0.15) is 11.6 Å². The normalized spacial score (nSPS) is 21.2. The molecule has 2 saturated heterocycles. The van der Waals surface area contributed by atoms with Crippen LogP contribution in [-0.2, 0) is 15.9 Å². The Morgan fingerprint density at radius 2 is 1.81 bits per heavy atom. The molecule has 0 radical (unpaired) electrons. The Bertz CT molecular complexity index is 1000. The summed E-state index contributed by atoms with van der Waals surface area (Å²) in [6.45, 7) is 3.91. The lowest BCUT2D eigenvalue weighted by Gasteiger charge is -2.28. The third-order valence-corrected chi connectivity index (χ3v) is 6.66. The number of hydrogen-bond donors (Lipinski definition) is 0. The summed E-state index contributed by atoms with van der Waals surface area (Å²) in [4.78, 5) is 17.5. The third-order valence-electron chi connectivity index (χ3n) is 6.66. The van der Waals surface area contributed by atoms with Gasteiger partial charge in [0, 0.05) is 31.1 Å². The quantitative estimate of drug-likeness (QED) is 0.671. The molecular weight excluding hydrogens is 407 g/mol. The van der Waals surface area contributed by atoms with Crippen molar-refractivity contribution in [1.82, 2.24) is 9.80 Å². The van der Waals surface area contributed by atoms with E-state index < -0.39 is 5.82 Å². The van der Waals surface area contributed by atoms with E-state index in [2.05, 4.69) is 4.90 Å². The van der Waals surface area contributed by atoms with Crippen LogP contribution in [0.5, 0.6) is 0 Å². The van der Waals surface area contributed by atoms with Gasteiger partial charge in [-0.25, -0.2) is 4.39 Å². The van der Waals surface area contributed by atoms with E-state index in [9.17, 15) is 4.79 Å². The van der Waals surface area contributed by atoms with Gasteiger partial charge in [-0.1, -0.05) is 36.4 Å². The first kappa shape index (κ1) is 21.0. The summed E-state index contributed by atoms with van der Waals surface area (Å²) in [6.07, 6.45) is 4.99.